The van der Waals surface area contributed by atoms with Gasteiger partial charge in [0.05, 0.1) is 6.10 Å². The predicted octanol–water partition coefficient (Wildman–Crippen LogP) is 1.86. The van der Waals surface area contributed by atoms with E-state index in [0.29, 0.717) is 6.61 Å². The molecule has 0 amide bonds. The number of hydrogen-bond donors (Lipinski definition) is 2. The first-order valence-electron chi connectivity index (χ1n) is 5.74. The van der Waals surface area contributed by atoms with Crippen molar-refractivity contribution in [3.8, 4) is 5.75 Å². The van der Waals surface area contributed by atoms with E-state index < -0.39 is 6.10 Å². The maximum atomic E-state index is 9.19. The standard InChI is InChI=1S/C13H21NO2/c1-4-14-8-12-7-10(2)5-6-13(12)16-9-11(3)15/h5-7,11,14-15H,4,8-9H2,1-3H3. The first-order chi connectivity index (χ1) is 7.63. The van der Waals surface area contributed by atoms with Gasteiger partial charge in [0.2, 0.25) is 0 Å². The molecule has 0 aliphatic carbocycles. The van der Waals surface area contributed by atoms with E-state index in [1.807, 2.05) is 12.1 Å². The van der Waals surface area contributed by atoms with Crippen molar-refractivity contribution in [1.82, 2.24) is 5.32 Å². The summed E-state index contributed by atoms with van der Waals surface area (Å²) in [6, 6.07) is 6.09. The summed E-state index contributed by atoms with van der Waals surface area (Å²) in [6.07, 6.45) is -0.437. The normalized spacial score (nSPS) is 12.5. The highest BCUT2D eigenvalue weighted by Crippen LogP contribution is 2.20. The lowest BCUT2D eigenvalue weighted by Gasteiger charge is -2.13. The summed E-state index contributed by atoms with van der Waals surface area (Å²) in [5.74, 6) is 0.854. The van der Waals surface area contributed by atoms with Crippen molar-refractivity contribution >= 4 is 0 Å². The van der Waals surface area contributed by atoms with E-state index >= 15 is 0 Å². The fourth-order valence-corrected chi connectivity index (χ4v) is 1.46. The average molecular weight is 223 g/mol. The van der Waals surface area contributed by atoms with Crippen molar-refractivity contribution in [2.75, 3.05) is 13.2 Å². The van der Waals surface area contributed by atoms with Crippen LogP contribution in [0.1, 0.15) is 25.0 Å². The van der Waals surface area contributed by atoms with Gasteiger partial charge in [-0.2, -0.15) is 0 Å². The van der Waals surface area contributed by atoms with E-state index in [9.17, 15) is 5.11 Å². The molecule has 1 rings (SSSR count). The molecular formula is C13H21NO2. The molecule has 0 aromatic heterocycles. The van der Waals surface area contributed by atoms with Crippen LogP contribution >= 0.6 is 0 Å². The minimum Gasteiger partial charge on any atom is -0.491 e. The van der Waals surface area contributed by atoms with Crippen LogP contribution in [-0.4, -0.2) is 24.4 Å². The van der Waals surface area contributed by atoms with Crippen LogP contribution in [-0.2, 0) is 6.54 Å². The number of ether oxygens (including phenoxy) is 1. The van der Waals surface area contributed by atoms with Gasteiger partial charge < -0.3 is 15.2 Å². The topological polar surface area (TPSA) is 41.5 Å². The van der Waals surface area contributed by atoms with Gasteiger partial charge in [-0.05, 0) is 26.5 Å². The fraction of sp³-hybridized carbons (Fsp3) is 0.538. The number of aryl methyl sites for hydroxylation is 1. The summed E-state index contributed by atoms with van der Waals surface area (Å²) in [5, 5.41) is 12.5. The van der Waals surface area contributed by atoms with Crippen LogP contribution in [0, 0.1) is 6.92 Å². The number of benzene rings is 1. The molecule has 16 heavy (non-hydrogen) atoms. The first kappa shape index (κ1) is 13.0. The van der Waals surface area contributed by atoms with Gasteiger partial charge in [0.1, 0.15) is 12.4 Å². The molecule has 0 bridgehead atoms. The molecule has 3 heteroatoms. The minimum atomic E-state index is -0.437. The lowest BCUT2D eigenvalue weighted by molar-refractivity contribution is 0.122. The Kier molecular flexibility index (Phi) is 5.29. The van der Waals surface area contributed by atoms with E-state index in [2.05, 4.69) is 25.2 Å². The molecule has 0 aliphatic rings. The molecule has 2 N–H and O–H groups in total. The maximum Gasteiger partial charge on any atom is 0.123 e. The van der Waals surface area contributed by atoms with Crippen LogP contribution in [0.3, 0.4) is 0 Å². The Morgan fingerprint density at radius 2 is 2.19 bits per heavy atom. The van der Waals surface area contributed by atoms with Gasteiger partial charge in [-0.3, -0.25) is 0 Å². The second-order valence-corrected chi connectivity index (χ2v) is 4.05. The van der Waals surface area contributed by atoms with E-state index in [1.165, 1.54) is 5.56 Å². The third kappa shape index (κ3) is 4.21. The Balaban J connectivity index is 2.72. The van der Waals surface area contributed by atoms with E-state index in [0.717, 1.165) is 24.4 Å². The molecule has 0 radical (unpaired) electrons. The predicted molar refractivity (Wildman–Crippen MR) is 65.7 cm³/mol. The lowest BCUT2D eigenvalue weighted by atomic mass is 10.1. The first-order valence-corrected chi connectivity index (χ1v) is 5.74. The van der Waals surface area contributed by atoms with E-state index in [4.69, 9.17) is 4.74 Å². The van der Waals surface area contributed by atoms with Crippen LogP contribution in [0.2, 0.25) is 0 Å². The van der Waals surface area contributed by atoms with Gasteiger partial charge in [0, 0.05) is 12.1 Å². The largest absolute Gasteiger partial charge is 0.491 e. The summed E-state index contributed by atoms with van der Waals surface area (Å²) in [5.41, 5.74) is 2.36. The molecule has 0 fully saturated rings. The number of aliphatic hydroxyl groups is 1. The Labute approximate surface area is 97.4 Å². The van der Waals surface area contributed by atoms with E-state index in [1.54, 1.807) is 6.92 Å². The zero-order valence-corrected chi connectivity index (χ0v) is 10.3. The van der Waals surface area contributed by atoms with Crippen molar-refractivity contribution in [3.05, 3.63) is 29.3 Å². The third-order valence-electron chi connectivity index (χ3n) is 2.26. The average Bonchev–Trinajstić information content (AvgIpc) is 2.24. The highest BCUT2D eigenvalue weighted by Gasteiger charge is 2.05. The quantitative estimate of drug-likeness (QED) is 0.773. The molecule has 1 unspecified atom stereocenters. The number of hydrogen-bond acceptors (Lipinski definition) is 3. The Bertz CT molecular complexity index is 324. The van der Waals surface area contributed by atoms with Gasteiger partial charge in [0.15, 0.2) is 0 Å². The van der Waals surface area contributed by atoms with Crippen molar-refractivity contribution in [2.45, 2.75) is 33.4 Å². The molecule has 0 heterocycles. The molecule has 90 valence electrons. The molecule has 0 spiro atoms. The van der Waals surface area contributed by atoms with Crippen molar-refractivity contribution in [3.63, 3.8) is 0 Å². The van der Waals surface area contributed by atoms with Gasteiger partial charge >= 0.3 is 0 Å². The second-order valence-electron chi connectivity index (χ2n) is 4.05. The van der Waals surface area contributed by atoms with Crippen LogP contribution in [0.4, 0.5) is 0 Å². The zero-order valence-electron chi connectivity index (χ0n) is 10.3. The van der Waals surface area contributed by atoms with Crippen LogP contribution in [0.15, 0.2) is 18.2 Å². The smallest absolute Gasteiger partial charge is 0.123 e. The number of rotatable bonds is 6. The van der Waals surface area contributed by atoms with Crippen LogP contribution < -0.4 is 10.1 Å². The van der Waals surface area contributed by atoms with E-state index in [-0.39, 0.29) is 0 Å². The summed E-state index contributed by atoms with van der Waals surface area (Å²) in [6.45, 7) is 7.93. The maximum absolute atomic E-state index is 9.19. The summed E-state index contributed by atoms with van der Waals surface area (Å²) >= 11 is 0. The van der Waals surface area contributed by atoms with Crippen LogP contribution in [0.25, 0.3) is 0 Å². The number of aliphatic hydroxyl groups excluding tert-OH is 1. The summed E-state index contributed by atoms with van der Waals surface area (Å²) < 4.78 is 5.56. The zero-order chi connectivity index (χ0) is 12.0. The second kappa shape index (κ2) is 6.51. The third-order valence-corrected chi connectivity index (χ3v) is 2.26. The minimum absolute atomic E-state index is 0.336. The monoisotopic (exact) mass is 223 g/mol. The van der Waals surface area contributed by atoms with Gasteiger partial charge in [0.25, 0.3) is 0 Å². The molecule has 1 aromatic rings. The fourth-order valence-electron chi connectivity index (χ4n) is 1.46. The van der Waals surface area contributed by atoms with Crippen molar-refractivity contribution in [2.24, 2.45) is 0 Å². The highest BCUT2D eigenvalue weighted by molar-refractivity contribution is 5.36. The molecule has 0 saturated heterocycles. The SMILES string of the molecule is CCNCc1cc(C)ccc1OCC(C)O. The summed E-state index contributed by atoms with van der Waals surface area (Å²) in [4.78, 5) is 0. The van der Waals surface area contributed by atoms with Gasteiger partial charge in [-0.1, -0.05) is 24.6 Å². The molecule has 0 saturated carbocycles. The molecule has 1 atom stereocenters. The molecular weight excluding hydrogens is 202 g/mol. The summed E-state index contributed by atoms with van der Waals surface area (Å²) in [7, 11) is 0. The molecule has 3 nitrogen and oxygen atoms in total. The van der Waals surface area contributed by atoms with Crippen molar-refractivity contribution < 1.29 is 9.84 Å². The van der Waals surface area contributed by atoms with Crippen LogP contribution in [0.5, 0.6) is 5.75 Å². The Hall–Kier alpha value is -1.06. The Morgan fingerprint density at radius 3 is 2.81 bits per heavy atom. The number of nitrogens with one attached hydrogen (secondary N) is 1. The van der Waals surface area contributed by atoms with Crippen molar-refractivity contribution in [1.29, 1.82) is 0 Å². The van der Waals surface area contributed by atoms with Gasteiger partial charge in [-0.25, -0.2) is 0 Å². The lowest BCUT2D eigenvalue weighted by Crippen LogP contribution is -2.16. The molecule has 0 aliphatic heterocycles. The molecule has 1 aromatic carbocycles. The highest BCUT2D eigenvalue weighted by atomic mass is 16.5. The Morgan fingerprint density at radius 1 is 1.44 bits per heavy atom. The van der Waals surface area contributed by atoms with Gasteiger partial charge in [-0.15, -0.1) is 0 Å².